The number of rotatable bonds is 4. The molecule has 0 fully saturated rings. The third-order valence-electron chi connectivity index (χ3n) is 6.10. The molecule has 0 bridgehead atoms. The lowest BCUT2D eigenvalue weighted by Crippen LogP contribution is -2.50. The van der Waals surface area contributed by atoms with Gasteiger partial charge in [0.1, 0.15) is 0 Å². The SMILES string of the molecule is CCN1C(=O)N(c2cccc(C(F)(F)F)c2)C2=C(C(=O)CC2)[C@H]1c1ccc(C#N)cc1S(C)(=O)=O. The number of nitrogens with zero attached hydrogens (tertiary/aromatic N) is 3. The van der Waals surface area contributed by atoms with Crippen molar-refractivity contribution in [3.8, 4) is 6.07 Å². The van der Waals surface area contributed by atoms with Crippen molar-refractivity contribution in [1.29, 1.82) is 5.26 Å². The summed E-state index contributed by atoms with van der Waals surface area (Å²) in [6.45, 7) is 1.68. The average Bonchev–Trinajstić information content (AvgIpc) is 3.17. The van der Waals surface area contributed by atoms with Crippen LogP contribution in [-0.4, -0.2) is 37.9 Å². The van der Waals surface area contributed by atoms with Gasteiger partial charge in [0.05, 0.1) is 33.8 Å². The summed E-state index contributed by atoms with van der Waals surface area (Å²) in [6, 6.07) is 8.45. The summed E-state index contributed by atoms with van der Waals surface area (Å²) in [4.78, 5) is 28.9. The molecule has 1 aliphatic carbocycles. The van der Waals surface area contributed by atoms with Gasteiger partial charge in [-0.25, -0.2) is 13.2 Å². The fourth-order valence-electron chi connectivity index (χ4n) is 4.59. The Kier molecular flexibility index (Phi) is 5.97. The minimum absolute atomic E-state index is 0.0337. The lowest BCUT2D eigenvalue weighted by atomic mass is 9.92. The molecule has 2 amide bonds. The first-order chi connectivity index (χ1) is 16.4. The minimum atomic E-state index is -4.63. The lowest BCUT2D eigenvalue weighted by molar-refractivity contribution is -0.137. The summed E-state index contributed by atoms with van der Waals surface area (Å²) < 4.78 is 65.2. The monoisotopic (exact) mass is 503 g/mol. The van der Waals surface area contributed by atoms with E-state index in [4.69, 9.17) is 0 Å². The Morgan fingerprint density at radius 3 is 2.43 bits per heavy atom. The number of anilines is 1. The van der Waals surface area contributed by atoms with E-state index in [0.717, 1.165) is 23.3 Å². The molecule has 0 N–H and O–H groups in total. The number of benzene rings is 2. The Hall–Kier alpha value is -3.65. The van der Waals surface area contributed by atoms with Crippen molar-refractivity contribution < 1.29 is 31.2 Å². The molecule has 2 aliphatic rings. The topological polar surface area (TPSA) is 98.5 Å². The predicted molar refractivity (Wildman–Crippen MR) is 120 cm³/mol. The second-order valence-corrected chi connectivity index (χ2v) is 10.3. The third kappa shape index (κ3) is 4.18. The van der Waals surface area contributed by atoms with Crippen LogP contribution in [0.5, 0.6) is 0 Å². The van der Waals surface area contributed by atoms with E-state index in [1.54, 1.807) is 6.92 Å². The summed E-state index contributed by atoms with van der Waals surface area (Å²) in [7, 11) is -3.86. The van der Waals surface area contributed by atoms with E-state index >= 15 is 0 Å². The average molecular weight is 504 g/mol. The van der Waals surface area contributed by atoms with Crippen molar-refractivity contribution in [3.63, 3.8) is 0 Å². The Morgan fingerprint density at radius 1 is 1.11 bits per heavy atom. The number of nitriles is 1. The van der Waals surface area contributed by atoms with E-state index in [-0.39, 0.29) is 58.1 Å². The fourth-order valence-corrected chi connectivity index (χ4v) is 5.54. The van der Waals surface area contributed by atoms with Crippen LogP contribution in [0.2, 0.25) is 0 Å². The highest BCUT2D eigenvalue weighted by atomic mass is 32.2. The molecule has 0 saturated carbocycles. The van der Waals surface area contributed by atoms with Crippen LogP contribution in [0.4, 0.5) is 23.7 Å². The van der Waals surface area contributed by atoms with Gasteiger partial charge in [0.15, 0.2) is 15.6 Å². The number of carbonyl (C=O) groups is 2. The van der Waals surface area contributed by atoms with Crippen LogP contribution < -0.4 is 4.90 Å². The number of likely N-dealkylation sites (N-methyl/N-ethyl adjacent to an activating group) is 1. The summed E-state index contributed by atoms with van der Waals surface area (Å²) in [5, 5.41) is 9.24. The zero-order valence-electron chi connectivity index (χ0n) is 18.8. The van der Waals surface area contributed by atoms with Crippen LogP contribution in [0, 0.1) is 11.3 Å². The van der Waals surface area contributed by atoms with Crippen molar-refractivity contribution >= 4 is 27.3 Å². The molecule has 35 heavy (non-hydrogen) atoms. The molecule has 1 aliphatic heterocycles. The van der Waals surface area contributed by atoms with Gasteiger partial charge in [-0.15, -0.1) is 0 Å². The molecular formula is C24H20F3N3O4S. The molecule has 0 radical (unpaired) electrons. The molecule has 0 unspecified atom stereocenters. The highest BCUT2D eigenvalue weighted by Gasteiger charge is 2.46. The summed E-state index contributed by atoms with van der Waals surface area (Å²) in [5.74, 6) is -0.322. The number of carbonyl (C=O) groups excluding carboxylic acids is 2. The maximum absolute atomic E-state index is 13.7. The number of ketones is 1. The van der Waals surface area contributed by atoms with Gasteiger partial charge in [-0.05, 0) is 49.2 Å². The van der Waals surface area contributed by atoms with Crippen molar-refractivity contribution in [3.05, 3.63) is 70.4 Å². The number of sulfone groups is 1. The van der Waals surface area contributed by atoms with Crippen molar-refractivity contribution in [2.75, 3.05) is 17.7 Å². The van der Waals surface area contributed by atoms with Crippen LogP contribution in [0.25, 0.3) is 0 Å². The quantitative estimate of drug-likeness (QED) is 0.607. The lowest BCUT2D eigenvalue weighted by Gasteiger charge is -2.42. The first-order valence-corrected chi connectivity index (χ1v) is 12.6. The largest absolute Gasteiger partial charge is 0.416 e. The summed E-state index contributed by atoms with van der Waals surface area (Å²) in [6.07, 6.45) is -3.51. The number of amides is 2. The Labute approximate surface area is 200 Å². The first kappa shape index (κ1) is 24.5. The second kappa shape index (κ2) is 8.53. The van der Waals surface area contributed by atoms with Gasteiger partial charge in [-0.2, -0.15) is 18.4 Å². The van der Waals surface area contributed by atoms with Gasteiger partial charge in [0.2, 0.25) is 0 Å². The third-order valence-corrected chi connectivity index (χ3v) is 7.25. The molecule has 7 nitrogen and oxygen atoms in total. The molecule has 2 aromatic rings. The highest BCUT2D eigenvalue weighted by molar-refractivity contribution is 7.90. The molecule has 182 valence electrons. The van der Waals surface area contributed by atoms with Gasteiger partial charge in [0, 0.05) is 30.5 Å². The van der Waals surface area contributed by atoms with E-state index in [1.165, 1.54) is 35.2 Å². The van der Waals surface area contributed by atoms with Gasteiger partial charge in [-0.3, -0.25) is 9.69 Å². The number of Topliss-reactive ketones (excluding diaryl/α,β-unsaturated/α-hetero) is 1. The molecule has 0 saturated heterocycles. The smallest absolute Gasteiger partial charge is 0.313 e. The van der Waals surface area contributed by atoms with Crippen molar-refractivity contribution in [1.82, 2.24) is 4.90 Å². The van der Waals surface area contributed by atoms with Crippen LogP contribution in [0.3, 0.4) is 0 Å². The van der Waals surface area contributed by atoms with Gasteiger partial charge in [-0.1, -0.05) is 12.1 Å². The molecule has 2 aromatic carbocycles. The molecule has 11 heteroatoms. The van der Waals surface area contributed by atoms with E-state index in [2.05, 4.69) is 0 Å². The summed E-state index contributed by atoms with van der Waals surface area (Å²) >= 11 is 0. The number of urea groups is 1. The number of halogens is 3. The van der Waals surface area contributed by atoms with E-state index in [9.17, 15) is 36.4 Å². The Morgan fingerprint density at radius 2 is 1.83 bits per heavy atom. The predicted octanol–water partition coefficient (Wildman–Crippen LogP) is 4.60. The zero-order chi connectivity index (χ0) is 25.7. The summed E-state index contributed by atoms with van der Waals surface area (Å²) in [5.41, 5.74) is -0.306. The molecule has 0 spiro atoms. The normalized spacial score (nSPS) is 18.7. The maximum Gasteiger partial charge on any atom is 0.416 e. The van der Waals surface area contributed by atoms with Crippen LogP contribution in [0.15, 0.2) is 58.6 Å². The van der Waals surface area contributed by atoms with Crippen molar-refractivity contribution in [2.45, 2.75) is 36.9 Å². The second-order valence-electron chi connectivity index (χ2n) is 8.27. The molecule has 4 rings (SSSR count). The Balaban J connectivity index is 1.98. The molecular weight excluding hydrogens is 483 g/mol. The maximum atomic E-state index is 13.7. The van der Waals surface area contributed by atoms with E-state index in [1.807, 2.05) is 6.07 Å². The van der Waals surface area contributed by atoms with E-state index in [0.29, 0.717) is 0 Å². The number of alkyl halides is 3. The fraction of sp³-hybridized carbons (Fsp3) is 0.292. The minimum Gasteiger partial charge on any atom is -0.313 e. The number of hydrogen-bond acceptors (Lipinski definition) is 5. The standard InChI is InChI=1S/C24H20F3N3O4S/c1-3-29-22(17-8-7-14(13-28)11-20(17)35(2,33)34)21-18(9-10-19(21)31)30(23(29)32)16-6-4-5-15(12-16)24(25,26)27/h4-8,11-12,22H,3,9-10H2,1-2H3/t22-/m1/s1. The van der Waals surface area contributed by atoms with Crippen LogP contribution in [-0.2, 0) is 20.8 Å². The number of allylic oxidation sites excluding steroid dienone is 1. The van der Waals surface area contributed by atoms with Gasteiger partial charge < -0.3 is 4.90 Å². The van der Waals surface area contributed by atoms with Crippen LogP contribution in [0.1, 0.15) is 42.5 Å². The molecule has 0 aromatic heterocycles. The Bertz CT molecular complexity index is 1420. The van der Waals surface area contributed by atoms with Crippen LogP contribution >= 0.6 is 0 Å². The highest BCUT2D eigenvalue weighted by Crippen LogP contribution is 2.46. The van der Waals surface area contributed by atoms with Crippen molar-refractivity contribution in [2.24, 2.45) is 0 Å². The number of hydrogen-bond donors (Lipinski definition) is 0. The first-order valence-electron chi connectivity index (χ1n) is 10.7. The molecule has 1 heterocycles. The molecule has 1 atom stereocenters. The van der Waals surface area contributed by atoms with Gasteiger partial charge >= 0.3 is 12.2 Å². The zero-order valence-corrected chi connectivity index (χ0v) is 19.6. The van der Waals surface area contributed by atoms with Gasteiger partial charge in [0.25, 0.3) is 0 Å². The van der Waals surface area contributed by atoms with E-state index < -0.39 is 33.6 Å².